The molecule has 150 valence electrons. The smallest absolute Gasteiger partial charge is 0.286 e. The van der Waals surface area contributed by atoms with Crippen molar-refractivity contribution in [3.05, 3.63) is 68.5 Å². The van der Waals surface area contributed by atoms with Crippen LogP contribution in [-0.2, 0) is 6.54 Å². The number of nitrogens with zero attached hydrogens (tertiary/aromatic N) is 3. The third-order valence-corrected chi connectivity index (χ3v) is 5.36. The molecule has 1 heterocycles. The highest BCUT2D eigenvalue weighted by atomic mass is 35.5. The van der Waals surface area contributed by atoms with Crippen LogP contribution in [0.1, 0.15) is 10.4 Å². The van der Waals surface area contributed by atoms with Crippen LogP contribution in [0, 0.1) is 10.1 Å². The number of rotatable bonds is 6. The van der Waals surface area contributed by atoms with Crippen LogP contribution in [0.3, 0.4) is 0 Å². The molecule has 8 nitrogen and oxygen atoms in total. The molecule has 0 fully saturated rings. The van der Waals surface area contributed by atoms with E-state index in [4.69, 9.17) is 21.1 Å². The predicted octanol–water partition coefficient (Wildman–Crippen LogP) is 4.21. The molecule has 1 amide bonds. The van der Waals surface area contributed by atoms with Gasteiger partial charge in [0.2, 0.25) is 0 Å². The Labute approximate surface area is 174 Å². The summed E-state index contributed by atoms with van der Waals surface area (Å²) >= 11 is 7.31. The molecule has 0 aliphatic rings. The van der Waals surface area contributed by atoms with Gasteiger partial charge in [0.25, 0.3) is 11.6 Å². The topological polar surface area (TPSA) is 96.0 Å². The third kappa shape index (κ3) is 4.01. The van der Waals surface area contributed by atoms with Crippen LogP contribution < -0.4 is 14.3 Å². The van der Waals surface area contributed by atoms with Gasteiger partial charge in [-0.2, -0.15) is 4.99 Å². The fourth-order valence-corrected chi connectivity index (χ4v) is 4.09. The number of nitro groups is 1. The SMILES string of the molecule is C=CCn1c(=NC(=O)c2cc(OC)c(OC)cc2[N+](=O)[O-])sc2cc(Cl)ccc21. The monoisotopic (exact) mass is 433 g/mol. The maximum Gasteiger partial charge on any atom is 0.286 e. The van der Waals surface area contributed by atoms with Gasteiger partial charge in [0, 0.05) is 17.6 Å². The summed E-state index contributed by atoms with van der Waals surface area (Å²) in [6, 6.07) is 7.72. The Hall–Kier alpha value is -3.17. The maximum absolute atomic E-state index is 12.9. The number of hydrogen-bond acceptors (Lipinski definition) is 6. The average molecular weight is 434 g/mol. The molecule has 0 aliphatic heterocycles. The number of hydrogen-bond donors (Lipinski definition) is 0. The van der Waals surface area contributed by atoms with E-state index in [1.54, 1.807) is 22.8 Å². The highest BCUT2D eigenvalue weighted by Crippen LogP contribution is 2.34. The predicted molar refractivity (Wildman–Crippen MR) is 111 cm³/mol. The molecular formula is C19H16ClN3O5S. The maximum atomic E-state index is 12.9. The Morgan fingerprint density at radius 3 is 2.62 bits per heavy atom. The third-order valence-electron chi connectivity index (χ3n) is 4.08. The quantitative estimate of drug-likeness (QED) is 0.329. The van der Waals surface area contributed by atoms with Crippen LogP contribution in [0.5, 0.6) is 11.5 Å². The first-order chi connectivity index (χ1) is 13.9. The second-order valence-corrected chi connectivity index (χ2v) is 7.24. The summed E-state index contributed by atoms with van der Waals surface area (Å²) in [6.45, 7) is 4.13. The second-order valence-electron chi connectivity index (χ2n) is 5.79. The van der Waals surface area contributed by atoms with Gasteiger partial charge in [0.1, 0.15) is 5.56 Å². The fraction of sp³-hybridized carbons (Fsp3) is 0.158. The molecule has 0 radical (unpaired) electrons. The van der Waals surface area contributed by atoms with Crippen molar-refractivity contribution in [3.8, 4) is 11.5 Å². The molecule has 3 rings (SSSR count). The lowest BCUT2D eigenvalue weighted by atomic mass is 10.1. The summed E-state index contributed by atoms with van der Waals surface area (Å²) in [5.74, 6) is -0.430. The number of fused-ring (bicyclic) bond motifs is 1. The molecule has 3 aromatic rings. The van der Waals surface area contributed by atoms with Crippen molar-refractivity contribution in [2.24, 2.45) is 4.99 Å². The molecule has 1 aromatic heterocycles. The lowest BCUT2D eigenvalue weighted by molar-refractivity contribution is -0.385. The Bertz CT molecular complexity index is 1200. The van der Waals surface area contributed by atoms with E-state index in [1.807, 2.05) is 6.07 Å². The Morgan fingerprint density at radius 1 is 1.31 bits per heavy atom. The zero-order valence-corrected chi connectivity index (χ0v) is 17.1. The molecule has 0 saturated heterocycles. The molecule has 0 spiro atoms. The lowest BCUT2D eigenvalue weighted by Gasteiger charge is -2.08. The van der Waals surface area contributed by atoms with Crippen molar-refractivity contribution >= 4 is 44.7 Å². The number of aromatic nitrogens is 1. The summed E-state index contributed by atoms with van der Waals surface area (Å²) in [5, 5.41) is 12.0. The van der Waals surface area contributed by atoms with Crippen molar-refractivity contribution in [3.63, 3.8) is 0 Å². The van der Waals surface area contributed by atoms with E-state index >= 15 is 0 Å². The number of allylic oxidation sites excluding steroid dienone is 1. The Balaban J connectivity index is 2.22. The van der Waals surface area contributed by atoms with Crippen molar-refractivity contribution in [2.45, 2.75) is 6.54 Å². The van der Waals surface area contributed by atoms with E-state index in [2.05, 4.69) is 11.6 Å². The van der Waals surface area contributed by atoms with Gasteiger partial charge in [-0.25, -0.2) is 0 Å². The molecule has 0 atom stereocenters. The van der Waals surface area contributed by atoms with Crippen LogP contribution in [0.4, 0.5) is 5.69 Å². The number of carbonyl (C=O) groups excluding carboxylic acids is 1. The number of methoxy groups -OCH3 is 2. The summed E-state index contributed by atoms with van der Waals surface area (Å²) in [7, 11) is 2.73. The number of benzene rings is 2. The van der Waals surface area contributed by atoms with Gasteiger partial charge in [0.15, 0.2) is 16.3 Å². The molecule has 0 unspecified atom stereocenters. The molecular weight excluding hydrogens is 418 g/mol. The van der Waals surface area contributed by atoms with Gasteiger partial charge in [-0.3, -0.25) is 14.9 Å². The van der Waals surface area contributed by atoms with E-state index in [-0.39, 0.29) is 17.1 Å². The van der Waals surface area contributed by atoms with Crippen LogP contribution in [0.2, 0.25) is 5.02 Å². The molecule has 0 aliphatic carbocycles. The number of thiazole rings is 1. The fourth-order valence-electron chi connectivity index (χ4n) is 2.78. The standard InChI is InChI=1S/C19H16ClN3O5S/c1-4-7-22-13-6-5-11(20)8-17(13)29-19(22)21-18(24)12-9-15(27-2)16(28-3)10-14(12)23(25)26/h4-6,8-10H,1,7H2,2-3H3. The summed E-state index contributed by atoms with van der Waals surface area (Å²) in [5.41, 5.74) is 0.205. The number of halogens is 1. The first kappa shape index (κ1) is 20.6. The van der Waals surface area contributed by atoms with Crippen LogP contribution >= 0.6 is 22.9 Å². The molecule has 0 N–H and O–H groups in total. The Morgan fingerprint density at radius 2 is 2.00 bits per heavy atom. The number of amides is 1. The second kappa shape index (κ2) is 8.46. The molecule has 0 saturated carbocycles. The first-order valence-corrected chi connectivity index (χ1v) is 9.48. The lowest BCUT2D eigenvalue weighted by Crippen LogP contribution is -2.16. The van der Waals surface area contributed by atoms with Crippen LogP contribution in [0.15, 0.2) is 48.0 Å². The van der Waals surface area contributed by atoms with E-state index in [0.717, 1.165) is 16.3 Å². The minimum Gasteiger partial charge on any atom is -0.493 e. The van der Waals surface area contributed by atoms with Gasteiger partial charge in [-0.1, -0.05) is 29.0 Å². The highest BCUT2D eigenvalue weighted by Gasteiger charge is 2.24. The van der Waals surface area contributed by atoms with Crippen molar-refractivity contribution in [2.75, 3.05) is 14.2 Å². The molecule has 29 heavy (non-hydrogen) atoms. The van der Waals surface area contributed by atoms with Crippen LogP contribution in [-0.4, -0.2) is 29.6 Å². The number of ether oxygens (including phenoxy) is 2. The van der Waals surface area contributed by atoms with E-state index in [9.17, 15) is 14.9 Å². The zero-order chi connectivity index (χ0) is 21.1. The molecule has 0 bridgehead atoms. The van der Waals surface area contributed by atoms with Gasteiger partial charge >= 0.3 is 0 Å². The minimum atomic E-state index is -0.770. The van der Waals surface area contributed by atoms with E-state index in [0.29, 0.717) is 16.4 Å². The average Bonchev–Trinajstić information content (AvgIpc) is 3.02. The van der Waals surface area contributed by atoms with Crippen LogP contribution in [0.25, 0.3) is 10.2 Å². The van der Waals surface area contributed by atoms with Crippen molar-refractivity contribution in [1.82, 2.24) is 4.57 Å². The first-order valence-electron chi connectivity index (χ1n) is 8.28. The largest absolute Gasteiger partial charge is 0.493 e. The van der Waals surface area contributed by atoms with Crippen molar-refractivity contribution < 1.29 is 19.2 Å². The number of nitro benzene ring substituents is 1. The van der Waals surface area contributed by atoms with Crippen molar-refractivity contribution in [1.29, 1.82) is 0 Å². The number of carbonyl (C=O) groups is 1. The van der Waals surface area contributed by atoms with Gasteiger partial charge < -0.3 is 14.0 Å². The Kier molecular flexibility index (Phi) is 6.00. The highest BCUT2D eigenvalue weighted by molar-refractivity contribution is 7.16. The van der Waals surface area contributed by atoms with E-state index < -0.39 is 16.5 Å². The summed E-state index contributed by atoms with van der Waals surface area (Å²) < 4.78 is 12.9. The van der Waals surface area contributed by atoms with Gasteiger partial charge in [-0.15, -0.1) is 6.58 Å². The van der Waals surface area contributed by atoms with Gasteiger partial charge in [0.05, 0.1) is 35.4 Å². The summed E-state index contributed by atoms with van der Waals surface area (Å²) in [6.07, 6.45) is 1.67. The molecule has 2 aromatic carbocycles. The summed E-state index contributed by atoms with van der Waals surface area (Å²) in [4.78, 5) is 28.2. The van der Waals surface area contributed by atoms with Gasteiger partial charge in [-0.05, 0) is 18.2 Å². The minimum absolute atomic E-state index is 0.147. The molecule has 10 heteroatoms. The zero-order valence-electron chi connectivity index (χ0n) is 15.5. The normalized spacial score (nSPS) is 11.5. The van der Waals surface area contributed by atoms with E-state index in [1.165, 1.54) is 31.6 Å².